The second-order valence-electron chi connectivity index (χ2n) is 3.92. The molecule has 0 unspecified atom stereocenters. The van der Waals surface area contributed by atoms with Gasteiger partial charge in [-0.1, -0.05) is 39.8 Å². The highest BCUT2D eigenvalue weighted by Crippen LogP contribution is 2.21. The molecule has 0 aromatic rings. The maximum Gasteiger partial charge on any atom is 0.223 e. The molecule has 0 atom stereocenters. The van der Waals surface area contributed by atoms with E-state index in [-0.39, 0.29) is 0 Å². The molecule has 64 valence electrons. The lowest BCUT2D eigenvalue weighted by Crippen LogP contribution is -2.38. The van der Waals surface area contributed by atoms with Crippen LogP contribution in [0, 0.1) is 0 Å². The molecule has 0 aromatic heterocycles. The Hall–Kier alpha value is 0.0249. The van der Waals surface area contributed by atoms with Crippen LogP contribution < -0.4 is 0 Å². The molecule has 11 heavy (non-hydrogen) atoms. The van der Waals surface area contributed by atoms with Gasteiger partial charge in [-0.15, -0.1) is 0 Å². The molecule has 0 aromatic carbocycles. The van der Waals surface area contributed by atoms with Crippen molar-refractivity contribution >= 4 is 6.85 Å². The summed E-state index contributed by atoms with van der Waals surface area (Å²) in [7, 11) is 0. The van der Waals surface area contributed by atoms with E-state index in [2.05, 4.69) is 25.6 Å². The Morgan fingerprint density at radius 3 is 2.73 bits per heavy atom. The quantitative estimate of drug-likeness (QED) is 0.563. The summed E-state index contributed by atoms with van der Waals surface area (Å²) in [6.07, 6.45) is 5.60. The van der Waals surface area contributed by atoms with Gasteiger partial charge < -0.3 is 4.81 Å². The molecule has 1 fully saturated rings. The molecule has 0 aliphatic carbocycles. The van der Waals surface area contributed by atoms with Gasteiger partial charge in [0.25, 0.3) is 0 Å². The number of hydrogen-bond donors (Lipinski definition) is 0. The van der Waals surface area contributed by atoms with Crippen molar-refractivity contribution in [2.75, 3.05) is 6.54 Å². The highest BCUT2D eigenvalue weighted by Gasteiger charge is 2.28. The molecule has 1 aliphatic heterocycles. The van der Waals surface area contributed by atoms with Crippen LogP contribution in [0.1, 0.15) is 33.6 Å². The summed E-state index contributed by atoms with van der Waals surface area (Å²) in [6.45, 7) is 9.15. The molecule has 0 amide bonds. The van der Waals surface area contributed by atoms with Gasteiger partial charge in [-0.05, 0) is 19.0 Å². The van der Waals surface area contributed by atoms with Crippen LogP contribution in [0.4, 0.5) is 0 Å². The third-order valence-corrected chi connectivity index (χ3v) is 2.71. The van der Waals surface area contributed by atoms with Gasteiger partial charge in [0.05, 0.1) is 0 Å². The molecule has 0 bridgehead atoms. The van der Waals surface area contributed by atoms with Crippen molar-refractivity contribution in [2.24, 2.45) is 0 Å². The lowest BCUT2D eigenvalue weighted by atomic mass is 9.55. The summed E-state index contributed by atoms with van der Waals surface area (Å²) in [5.41, 5.74) is 0. The van der Waals surface area contributed by atoms with E-state index in [0.717, 1.165) is 12.9 Å². The van der Waals surface area contributed by atoms with E-state index in [0.29, 0.717) is 0 Å². The highest BCUT2D eigenvalue weighted by molar-refractivity contribution is 6.56. The molecule has 1 nitrogen and oxygen atoms in total. The van der Waals surface area contributed by atoms with Gasteiger partial charge in [0, 0.05) is 0 Å². The SMILES string of the molecule is CCCB1CCCN1C(C)C. The van der Waals surface area contributed by atoms with Gasteiger partial charge >= 0.3 is 0 Å². The Balaban J connectivity index is 2.37. The molecule has 1 rings (SSSR count). The van der Waals surface area contributed by atoms with Crippen LogP contribution in [0.3, 0.4) is 0 Å². The van der Waals surface area contributed by atoms with E-state index in [1.54, 1.807) is 0 Å². The molecule has 1 saturated heterocycles. The first-order valence-corrected chi connectivity index (χ1v) is 5.01. The average Bonchev–Trinajstić information content (AvgIpc) is 2.36. The molecule has 1 aliphatic rings. The van der Waals surface area contributed by atoms with Crippen molar-refractivity contribution in [3.05, 3.63) is 0 Å². The van der Waals surface area contributed by atoms with E-state index >= 15 is 0 Å². The van der Waals surface area contributed by atoms with Gasteiger partial charge in [-0.3, -0.25) is 0 Å². The maximum atomic E-state index is 2.66. The predicted octanol–water partition coefficient (Wildman–Crippen LogP) is 2.50. The van der Waals surface area contributed by atoms with Crippen molar-refractivity contribution in [3.8, 4) is 0 Å². The number of rotatable bonds is 3. The Bertz CT molecular complexity index is 114. The van der Waals surface area contributed by atoms with Crippen LogP contribution >= 0.6 is 0 Å². The molecule has 1 heterocycles. The molecule has 2 heteroatoms. The standard InChI is InChI=1S/C9H20BN/c1-4-6-10-7-5-8-11(10)9(2)3/h9H,4-8H2,1-3H3. The summed E-state index contributed by atoms with van der Waals surface area (Å²) in [4.78, 5) is 2.66. The van der Waals surface area contributed by atoms with E-state index in [1.165, 1.54) is 32.0 Å². The first-order chi connectivity index (χ1) is 5.25. The van der Waals surface area contributed by atoms with Crippen LogP contribution in [0.5, 0.6) is 0 Å². The lowest BCUT2D eigenvalue weighted by molar-refractivity contribution is 0.387. The Morgan fingerprint density at radius 1 is 1.45 bits per heavy atom. The minimum absolute atomic E-state index is 0.758. The summed E-state index contributed by atoms with van der Waals surface area (Å²) < 4.78 is 0. The largest absolute Gasteiger partial charge is 0.340 e. The van der Waals surface area contributed by atoms with Crippen molar-refractivity contribution in [2.45, 2.75) is 52.3 Å². The Kier molecular flexibility index (Phi) is 3.44. The molecular weight excluding hydrogens is 133 g/mol. The van der Waals surface area contributed by atoms with E-state index in [9.17, 15) is 0 Å². The monoisotopic (exact) mass is 153 g/mol. The van der Waals surface area contributed by atoms with Crippen molar-refractivity contribution in [1.29, 1.82) is 0 Å². The minimum atomic E-state index is 0.758. The molecule has 0 saturated carbocycles. The van der Waals surface area contributed by atoms with Gasteiger partial charge in [0.15, 0.2) is 0 Å². The van der Waals surface area contributed by atoms with Gasteiger partial charge in [-0.2, -0.15) is 0 Å². The zero-order valence-corrected chi connectivity index (χ0v) is 8.14. The first-order valence-electron chi connectivity index (χ1n) is 5.01. The minimum Gasteiger partial charge on any atom is -0.340 e. The first kappa shape index (κ1) is 9.12. The summed E-state index contributed by atoms with van der Waals surface area (Å²) in [5, 5.41) is 0. The Labute approximate surface area is 71.3 Å². The fourth-order valence-corrected chi connectivity index (χ4v) is 2.18. The smallest absolute Gasteiger partial charge is 0.223 e. The summed E-state index contributed by atoms with van der Waals surface area (Å²) >= 11 is 0. The van der Waals surface area contributed by atoms with Gasteiger partial charge in [0.2, 0.25) is 6.85 Å². The fraction of sp³-hybridized carbons (Fsp3) is 1.00. The van der Waals surface area contributed by atoms with Crippen LogP contribution in [0.25, 0.3) is 0 Å². The van der Waals surface area contributed by atoms with Crippen molar-refractivity contribution in [3.63, 3.8) is 0 Å². The van der Waals surface area contributed by atoms with Crippen LogP contribution in [-0.4, -0.2) is 24.2 Å². The van der Waals surface area contributed by atoms with E-state index in [1.807, 2.05) is 0 Å². The van der Waals surface area contributed by atoms with E-state index < -0.39 is 0 Å². The van der Waals surface area contributed by atoms with Crippen LogP contribution in [-0.2, 0) is 0 Å². The van der Waals surface area contributed by atoms with Crippen LogP contribution in [0.15, 0.2) is 0 Å². The maximum absolute atomic E-state index is 2.66. The predicted molar refractivity (Wildman–Crippen MR) is 52.1 cm³/mol. The highest BCUT2D eigenvalue weighted by atomic mass is 15.1. The van der Waals surface area contributed by atoms with Gasteiger partial charge in [0.1, 0.15) is 0 Å². The van der Waals surface area contributed by atoms with Crippen molar-refractivity contribution in [1.82, 2.24) is 4.81 Å². The van der Waals surface area contributed by atoms with Gasteiger partial charge in [-0.25, -0.2) is 0 Å². The molecule has 0 N–H and O–H groups in total. The normalized spacial score (nSPS) is 20.2. The topological polar surface area (TPSA) is 3.24 Å². The average molecular weight is 153 g/mol. The second kappa shape index (κ2) is 4.15. The lowest BCUT2D eigenvalue weighted by Gasteiger charge is -2.25. The zero-order chi connectivity index (χ0) is 8.27. The summed E-state index contributed by atoms with van der Waals surface area (Å²) in [5.74, 6) is 0. The fourth-order valence-electron chi connectivity index (χ4n) is 2.18. The number of nitrogens with zero attached hydrogens (tertiary/aromatic N) is 1. The third-order valence-electron chi connectivity index (χ3n) is 2.71. The molecule has 0 spiro atoms. The molecular formula is C9H20BN. The molecule has 0 radical (unpaired) electrons. The van der Waals surface area contributed by atoms with Crippen molar-refractivity contribution < 1.29 is 0 Å². The zero-order valence-electron chi connectivity index (χ0n) is 8.14. The summed E-state index contributed by atoms with van der Waals surface area (Å²) in [6, 6.07) is 0.758. The van der Waals surface area contributed by atoms with Crippen LogP contribution in [0.2, 0.25) is 12.6 Å². The van der Waals surface area contributed by atoms with E-state index in [4.69, 9.17) is 0 Å². The third kappa shape index (κ3) is 2.23. The second-order valence-corrected chi connectivity index (χ2v) is 3.92. The number of hydrogen-bond acceptors (Lipinski definition) is 1. The Morgan fingerprint density at radius 2 is 2.18 bits per heavy atom.